The molecule has 0 fully saturated rings. The van der Waals surface area contributed by atoms with Crippen LogP contribution in [-0.4, -0.2) is 23.4 Å². The first-order chi connectivity index (χ1) is 9.08. The Labute approximate surface area is 117 Å². The van der Waals surface area contributed by atoms with Gasteiger partial charge < -0.3 is 10.6 Å². The van der Waals surface area contributed by atoms with Gasteiger partial charge in [-0.25, -0.2) is 4.99 Å². The third-order valence-electron chi connectivity index (χ3n) is 3.24. The van der Waals surface area contributed by atoms with Crippen molar-refractivity contribution in [3.63, 3.8) is 0 Å². The van der Waals surface area contributed by atoms with Crippen molar-refractivity contribution in [2.24, 2.45) is 16.6 Å². The molecule has 0 aliphatic heterocycles. The number of nitrogens with two attached hydrogens (primary N) is 1. The summed E-state index contributed by atoms with van der Waals surface area (Å²) >= 11 is 0. The molecule has 1 aromatic carbocycles. The molecule has 0 bridgehead atoms. The Kier molecular flexibility index (Phi) is 6.40. The van der Waals surface area contributed by atoms with E-state index in [9.17, 15) is 0 Å². The summed E-state index contributed by atoms with van der Waals surface area (Å²) in [6, 6.07) is 10.4. The van der Waals surface area contributed by atoms with Crippen molar-refractivity contribution in [3.05, 3.63) is 30.3 Å². The lowest BCUT2D eigenvalue weighted by molar-refractivity contribution is 0.264. The summed E-state index contributed by atoms with van der Waals surface area (Å²) in [5.41, 5.74) is 7.14. The first kappa shape index (κ1) is 15.5. The van der Waals surface area contributed by atoms with Gasteiger partial charge in [0.05, 0.1) is 5.69 Å². The van der Waals surface area contributed by atoms with Crippen LogP contribution in [0, 0.1) is 5.92 Å². The molecular formula is C16H27N3. The van der Waals surface area contributed by atoms with Crippen LogP contribution in [0.2, 0.25) is 0 Å². The Morgan fingerprint density at radius 3 is 2.21 bits per heavy atom. The number of hydrogen-bond donors (Lipinski definition) is 1. The zero-order valence-electron chi connectivity index (χ0n) is 12.6. The van der Waals surface area contributed by atoms with E-state index >= 15 is 0 Å². The molecule has 0 saturated carbocycles. The highest BCUT2D eigenvalue weighted by Gasteiger charge is 2.18. The summed E-state index contributed by atoms with van der Waals surface area (Å²) in [4.78, 5) is 6.80. The van der Waals surface area contributed by atoms with E-state index in [4.69, 9.17) is 5.73 Å². The van der Waals surface area contributed by atoms with Crippen LogP contribution in [0.15, 0.2) is 35.3 Å². The summed E-state index contributed by atoms with van der Waals surface area (Å²) in [6.07, 6.45) is 2.18. The fourth-order valence-corrected chi connectivity index (χ4v) is 2.25. The predicted molar refractivity (Wildman–Crippen MR) is 83.6 cm³/mol. The van der Waals surface area contributed by atoms with Gasteiger partial charge in [-0.1, -0.05) is 45.9 Å². The minimum atomic E-state index is 0.467. The van der Waals surface area contributed by atoms with Crippen LogP contribution in [0.4, 0.5) is 5.69 Å². The third-order valence-corrected chi connectivity index (χ3v) is 3.24. The molecule has 3 nitrogen and oxygen atoms in total. The molecule has 3 heteroatoms. The lowest BCUT2D eigenvalue weighted by Gasteiger charge is -2.33. The predicted octanol–water partition coefficient (Wildman–Crippen LogP) is 3.78. The van der Waals surface area contributed by atoms with E-state index in [2.05, 4.69) is 37.6 Å². The fraction of sp³-hybridized carbons (Fsp3) is 0.562. The van der Waals surface area contributed by atoms with Gasteiger partial charge in [0.25, 0.3) is 0 Å². The van der Waals surface area contributed by atoms with Crippen LogP contribution in [0.5, 0.6) is 0 Å². The first-order valence-electron chi connectivity index (χ1n) is 7.24. The van der Waals surface area contributed by atoms with Crippen LogP contribution in [-0.2, 0) is 0 Å². The minimum absolute atomic E-state index is 0.467. The number of hydrogen-bond acceptors (Lipinski definition) is 1. The van der Waals surface area contributed by atoms with Crippen LogP contribution in [0.1, 0.15) is 40.5 Å². The normalized spacial score (nSPS) is 12.2. The zero-order chi connectivity index (χ0) is 14.3. The zero-order valence-corrected chi connectivity index (χ0v) is 12.6. The van der Waals surface area contributed by atoms with Crippen LogP contribution in [0.25, 0.3) is 0 Å². The Bertz CT molecular complexity index is 380. The second-order valence-corrected chi connectivity index (χ2v) is 5.32. The molecule has 0 aromatic heterocycles. The minimum Gasteiger partial charge on any atom is -0.369 e. The molecule has 0 heterocycles. The molecule has 0 aliphatic rings. The van der Waals surface area contributed by atoms with Gasteiger partial charge >= 0.3 is 0 Å². The standard InChI is InChI=1S/C16H27N3/c1-5-15(6-2)19(12-13(3)4)16(17)18-14-10-8-7-9-11-14/h7-11,13,15H,5-6,12H2,1-4H3,(H2,17,18). The van der Waals surface area contributed by atoms with Gasteiger partial charge in [-0.15, -0.1) is 0 Å². The Morgan fingerprint density at radius 1 is 1.16 bits per heavy atom. The molecule has 0 unspecified atom stereocenters. The van der Waals surface area contributed by atoms with Gasteiger partial charge in [0, 0.05) is 12.6 Å². The summed E-state index contributed by atoms with van der Waals surface area (Å²) in [5, 5.41) is 0. The monoisotopic (exact) mass is 261 g/mol. The molecule has 1 rings (SSSR count). The first-order valence-corrected chi connectivity index (χ1v) is 7.24. The maximum atomic E-state index is 6.23. The van der Waals surface area contributed by atoms with Gasteiger partial charge in [-0.2, -0.15) is 0 Å². The number of benzene rings is 1. The van der Waals surface area contributed by atoms with Crippen molar-refractivity contribution in [2.75, 3.05) is 6.54 Å². The van der Waals surface area contributed by atoms with Crippen molar-refractivity contribution >= 4 is 11.6 Å². The number of aliphatic imine (C=N–C) groups is 1. The lowest BCUT2D eigenvalue weighted by atomic mass is 10.1. The van der Waals surface area contributed by atoms with Gasteiger partial charge in [0.1, 0.15) is 0 Å². The molecule has 0 radical (unpaired) electrons. The number of rotatable bonds is 6. The molecule has 0 atom stereocenters. The summed E-state index contributed by atoms with van der Waals surface area (Å²) < 4.78 is 0. The van der Waals surface area contributed by atoms with Crippen molar-refractivity contribution in [1.29, 1.82) is 0 Å². The van der Waals surface area contributed by atoms with Gasteiger partial charge in [-0.05, 0) is 30.9 Å². The quantitative estimate of drug-likeness (QED) is 0.625. The largest absolute Gasteiger partial charge is 0.369 e. The molecule has 0 aliphatic carbocycles. The molecular weight excluding hydrogens is 234 g/mol. The second-order valence-electron chi connectivity index (χ2n) is 5.32. The maximum Gasteiger partial charge on any atom is 0.196 e. The van der Waals surface area contributed by atoms with E-state index in [0.717, 1.165) is 25.1 Å². The van der Waals surface area contributed by atoms with Gasteiger partial charge in [0.2, 0.25) is 0 Å². The van der Waals surface area contributed by atoms with Crippen molar-refractivity contribution in [2.45, 2.75) is 46.6 Å². The Balaban J connectivity index is 2.93. The Morgan fingerprint density at radius 2 is 1.74 bits per heavy atom. The molecule has 0 spiro atoms. The lowest BCUT2D eigenvalue weighted by Crippen LogP contribution is -2.46. The highest BCUT2D eigenvalue weighted by molar-refractivity contribution is 5.81. The maximum absolute atomic E-state index is 6.23. The summed E-state index contributed by atoms with van der Waals surface area (Å²) in [7, 11) is 0. The molecule has 0 saturated heterocycles. The topological polar surface area (TPSA) is 41.6 Å². The van der Waals surface area contributed by atoms with Crippen LogP contribution < -0.4 is 5.73 Å². The molecule has 2 N–H and O–H groups in total. The molecule has 106 valence electrons. The second kappa shape index (κ2) is 7.82. The Hall–Kier alpha value is -1.51. The number of guanidine groups is 1. The van der Waals surface area contributed by atoms with Gasteiger partial charge in [-0.3, -0.25) is 0 Å². The number of para-hydroxylation sites is 1. The van der Waals surface area contributed by atoms with E-state index in [1.807, 2.05) is 30.3 Å². The summed E-state index contributed by atoms with van der Waals surface area (Å²) in [5.74, 6) is 1.21. The van der Waals surface area contributed by atoms with E-state index in [1.54, 1.807) is 0 Å². The van der Waals surface area contributed by atoms with E-state index in [0.29, 0.717) is 17.9 Å². The van der Waals surface area contributed by atoms with Crippen LogP contribution >= 0.6 is 0 Å². The molecule has 0 amide bonds. The third kappa shape index (κ3) is 4.93. The van der Waals surface area contributed by atoms with E-state index < -0.39 is 0 Å². The van der Waals surface area contributed by atoms with Crippen molar-refractivity contribution < 1.29 is 0 Å². The highest BCUT2D eigenvalue weighted by atomic mass is 15.3. The van der Waals surface area contributed by atoms with Crippen molar-refractivity contribution in [1.82, 2.24) is 4.90 Å². The SMILES string of the molecule is CCC(CC)N(CC(C)C)C(N)=Nc1ccccc1. The van der Waals surface area contributed by atoms with E-state index in [1.165, 1.54) is 0 Å². The molecule has 19 heavy (non-hydrogen) atoms. The fourth-order valence-electron chi connectivity index (χ4n) is 2.25. The van der Waals surface area contributed by atoms with E-state index in [-0.39, 0.29) is 0 Å². The van der Waals surface area contributed by atoms with Crippen molar-refractivity contribution in [3.8, 4) is 0 Å². The average Bonchev–Trinajstić information content (AvgIpc) is 2.39. The smallest absolute Gasteiger partial charge is 0.196 e. The average molecular weight is 261 g/mol. The summed E-state index contributed by atoms with van der Waals surface area (Å²) in [6.45, 7) is 9.79. The van der Waals surface area contributed by atoms with Crippen LogP contribution in [0.3, 0.4) is 0 Å². The van der Waals surface area contributed by atoms with Gasteiger partial charge in [0.15, 0.2) is 5.96 Å². The number of nitrogens with zero attached hydrogens (tertiary/aromatic N) is 2. The molecule has 1 aromatic rings. The highest BCUT2D eigenvalue weighted by Crippen LogP contribution is 2.15.